The van der Waals surface area contributed by atoms with Crippen molar-refractivity contribution < 1.29 is 4.52 Å². The van der Waals surface area contributed by atoms with Crippen molar-refractivity contribution in [3.63, 3.8) is 0 Å². The summed E-state index contributed by atoms with van der Waals surface area (Å²) in [5.74, 6) is 1.21. The molecule has 0 aromatic carbocycles. The molecule has 98 valence electrons. The molecule has 0 atom stereocenters. The van der Waals surface area contributed by atoms with Crippen LogP contribution in [-0.2, 0) is 19.5 Å². The van der Waals surface area contributed by atoms with Crippen LogP contribution in [0.2, 0.25) is 0 Å². The number of hydrogen-bond donors (Lipinski definition) is 1. The molecule has 18 heavy (non-hydrogen) atoms. The molecule has 0 aliphatic rings. The third kappa shape index (κ3) is 3.63. The van der Waals surface area contributed by atoms with E-state index in [1.54, 1.807) is 11.3 Å². The molecule has 0 unspecified atom stereocenters. The van der Waals surface area contributed by atoms with E-state index in [4.69, 9.17) is 10.3 Å². The number of aromatic nitrogens is 2. The molecule has 0 saturated heterocycles. The van der Waals surface area contributed by atoms with E-state index < -0.39 is 0 Å². The summed E-state index contributed by atoms with van der Waals surface area (Å²) in [6.07, 6.45) is 1.06. The van der Waals surface area contributed by atoms with E-state index >= 15 is 0 Å². The van der Waals surface area contributed by atoms with Gasteiger partial charge in [0.25, 0.3) is 0 Å². The van der Waals surface area contributed by atoms with Gasteiger partial charge >= 0.3 is 0 Å². The highest BCUT2D eigenvalue weighted by Gasteiger charge is 2.10. The van der Waals surface area contributed by atoms with Crippen LogP contribution in [0.3, 0.4) is 0 Å². The fourth-order valence-electron chi connectivity index (χ4n) is 1.71. The molecule has 0 saturated carbocycles. The predicted molar refractivity (Wildman–Crippen MR) is 71.2 cm³/mol. The summed E-state index contributed by atoms with van der Waals surface area (Å²) < 4.78 is 5.00. The Morgan fingerprint density at radius 3 is 3.00 bits per heavy atom. The summed E-state index contributed by atoms with van der Waals surface area (Å²) in [6.45, 7) is 5.12. The van der Waals surface area contributed by atoms with Crippen molar-refractivity contribution in [1.82, 2.24) is 15.0 Å². The summed E-state index contributed by atoms with van der Waals surface area (Å²) in [6, 6.07) is 4.25. The topological polar surface area (TPSA) is 68.2 Å². The maximum atomic E-state index is 5.44. The lowest BCUT2D eigenvalue weighted by Crippen LogP contribution is -2.25. The van der Waals surface area contributed by atoms with Crippen molar-refractivity contribution in [3.05, 3.63) is 34.1 Å². The Morgan fingerprint density at radius 1 is 1.50 bits per heavy atom. The van der Waals surface area contributed by atoms with Gasteiger partial charge in [-0.15, -0.1) is 11.3 Å². The van der Waals surface area contributed by atoms with Crippen molar-refractivity contribution >= 4 is 11.3 Å². The Labute approximate surface area is 111 Å². The molecule has 0 bridgehead atoms. The fourth-order valence-corrected chi connectivity index (χ4v) is 2.41. The SMILES string of the molecule is CCN(CCc1cccs1)Cc1noc(CN)n1. The second kappa shape index (κ2) is 6.63. The zero-order valence-electron chi connectivity index (χ0n) is 10.5. The Balaban J connectivity index is 1.84. The standard InChI is InChI=1S/C12H18N4OS/c1-2-16(6-5-10-4-3-7-18-10)9-11-14-12(8-13)17-15-11/h3-4,7H,2,5-6,8-9,13H2,1H3. The molecule has 5 nitrogen and oxygen atoms in total. The molecular formula is C12H18N4OS. The van der Waals surface area contributed by atoms with Gasteiger partial charge in [0.15, 0.2) is 5.82 Å². The molecule has 2 aromatic heterocycles. The second-order valence-electron chi connectivity index (χ2n) is 4.01. The first-order valence-electron chi connectivity index (χ1n) is 6.08. The zero-order chi connectivity index (χ0) is 12.8. The molecule has 6 heteroatoms. The third-order valence-corrected chi connectivity index (χ3v) is 3.69. The van der Waals surface area contributed by atoms with E-state index in [1.165, 1.54) is 4.88 Å². The molecule has 0 aliphatic carbocycles. The Bertz CT molecular complexity index is 454. The summed E-state index contributed by atoms with van der Waals surface area (Å²) in [4.78, 5) is 7.92. The summed E-state index contributed by atoms with van der Waals surface area (Å²) in [7, 11) is 0. The zero-order valence-corrected chi connectivity index (χ0v) is 11.3. The minimum absolute atomic E-state index is 0.300. The van der Waals surface area contributed by atoms with E-state index in [0.29, 0.717) is 24.8 Å². The van der Waals surface area contributed by atoms with Crippen LogP contribution in [-0.4, -0.2) is 28.1 Å². The highest BCUT2D eigenvalue weighted by atomic mass is 32.1. The first kappa shape index (κ1) is 13.2. The van der Waals surface area contributed by atoms with Crippen LogP contribution in [0.1, 0.15) is 23.5 Å². The highest BCUT2D eigenvalue weighted by Crippen LogP contribution is 2.10. The first-order valence-corrected chi connectivity index (χ1v) is 6.96. The van der Waals surface area contributed by atoms with Gasteiger partial charge in [-0.1, -0.05) is 18.1 Å². The van der Waals surface area contributed by atoms with Crippen molar-refractivity contribution in [2.24, 2.45) is 5.73 Å². The number of nitrogens with zero attached hydrogens (tertiary/aromatic N) is 3. The van der Waals surface area contributed by atoms with E-state index in [1.807, 2.05) is 0 Å². The molecule has 0 aliphatic heterocycles. The summed E-state index contributed by atoms with van der Waals surface area (Å²) in [5.41, 5.74) is 5.44. The lowest BCUT2D eigenvalue weighted by atomic mass is 10.3. The van der Waals surface area contributed by atoms with Crippen molar-refractivity contribution in [2.45, 2.75) is 26.4 Å². The molecule has 2 aromatic rings. The number of hydrogen-bond acceptors (Lipinski definition) is 6. The molecule has 0 spiro atoms. The maximum absolute atomic E-state index is 5.44. The van der Waals surface area contributed by atoms with Crippen LogP contribution in [0, 0.1) is 0 Å². The van der Waals surface area contributed by atoms with Crippen LogP contribution in [0.25, 0.3) is 0 Å². The number of thiophene rings is 1. The second-order valence-corrected chi connectivity index (χ2v) is 5.04. The Kier molecular flexibility index (Phi) is 4.86. The van der Waals surface area contributed by atoms with Crippen LogP contribution < -0.4 is 5.73 Å². The van der Waals surface area contributed by atoms with Crippen LogP contribution in [0.5, 0.6) is 0 Å². The Morgan fingerprint density at radius 2 is 2.39 bits per heavy atom. The monoisotopic (exact) mass is 266 g/mol. The van der Waals surface area contributed by atoms with Crippen LogP contribution in [0.15, 0.2) is 22.0 Å². The van der Waals surface area contributed by atoms with Gasteiger partial charge in [0.05, 0.1) is 13.1 Å². The van der Waals surface area contributed by atoms with Gasteiger partial charge < -0.3 is 10.3 Å². The first-order chi connectivity index (χ1) is 8.81. The van der Waals surface area contributed by atoms with Gasteiger partial charge in [0.1, 0.15) is 0 Å². The lowest BCUT2D eigenvalue weighted by molar-refractivity contribution is 0.270. The summed E-state index contributed by atoms with van der Waals surface area (Å²) in [5, 5.41) is 6.02. The minimum Gasteiger partial charge on any atom is -0.338 e. The molecule has 0 fully saturated rings. The van der Waals surface area contributed by atoms with Gasteiger partial charge in [-0.05, 0) is 24.4 Å². The number of likely N-dealkylation sites (N-methyl/N-ethyl adjacent to an activating group) is 1. The molecule has 2 heterocycles. The average Bonchev–Trinajstić information content (AvgIpc) is 3.05. The predicted octanol–water partition coefficient (Wildman–Crippen LogP) is 1.65. The lowest BCUT2D eigenvalue weighted by Gasteiger charge is -2.17. The third-order valence-electron chi connectivity index (χ3n) is 2.75. The van der Waals surface area contributed by atoms with E-state index in [9.17, 15) is 0 Å². The van der Waals surface area contributed by atoms with Gasteiger partial charge in [0, 0.05) is 11.4 Å². The maximum Gasteiger partial charge on any atom is 0.240 e. The Hall–Kier alpha value is -1.24. The summed E-state index contributed by atoms with van der Waals surface area (Å²) >= 11 is 1.80. The van der Waals surface area contributed by atoms with Crippen molar-refractivity contribution in [1.29, 1.82) is 0 Å². The fraction of sp³-hybridized carbons (Fsp3) is 0.500. The van der Waals surface area contributed by atoms with Crippen LogP contribution in [0.4, 0.5) is 0 Å². The van der Waals surface area contributed by atoms with Gasteiger partial charge in [-0.3, -0.25) is 4.90 Å². The van der Waals surface area contributed by atoms with Gasteiger partial charge in [0.2, 0.25) is 5.89 Å². The molecule has 2 N–H and O–H groups in total. The van der Waals surface area contributed by atoms with Crippen molar-refractivity contribution in [3.8, 4) is 0 Å². The van der Waals surface area contributed by atoms with Crippen LogP contribution >= 0.6 is 11.3 Å². The highest BCUT2D eigenvalue weighted by molar-refractivity contribution is 7.09. The smallest absolute Gasteiger partial charge is 0.240 e. The van der Waals surface area contributed by atoms with E-state index in [0.717, 1.165) is 19.5 Å². The van der Waals surface area contributed by atoms with Gasteiger partial charge in [-0.25, -0.2) is 0 Å². The average molecular weight is 266 g/mol. The van der Waals surface area contributed by atoms with E-state index in [-0.39, 0.29) is 0 Å². The number of rotatable bonds is 7. The normalized spacial score (nSPS) is 11.3. The largest absolute Gasteiger partial charge is 0.338 e. The molecular weight excluding hydrogens is 248 g/mol. The molecule has 0 radical (unpaired) electrons. The molecule has 0 amide bonds. The molecule has 2 rings (SSSR count). The van der Waals surface area contributed by atoms with Gasteiger partial charge in [-0.2, -0.15) is 4.98 Å². The minimum atomic E-state index is 0.300. The quantitative estimate of drug-likeness (QED) is 0.825. The van der Waals surface area contributed by atoms with E-state index in [2.05, 4.69) is 39.5 Å². The van der Waals surface area contributed by atoms with Crippen molar-refractivity contribution in [2.75, 3.05) is 13.1 Å². The number of nitrogens with two attached hydrogens (primary N) is 1.